The van der Waals surface area contributed by atoms with Gasteiger partial charge < -0.3 is 10.6 Å². The molecule has 3 nitrogen and oxygen atoms in total. The van der Waals surface area contributed by atoms with E-state index < -0.39 is 0 Å². The van der Waals surface area contributed by atoms with E-state index in [9.17, 15) is 4.79 Å². The molecular weight excluding hydrogens is 248 g/mol. The molecule has 1 saturated heterocycles. The first-order chi connectivity index (χ1) is 9.74. The lowest BCUT2D eigenvalue weighted by molar-refractivity contribution is -0.121. The van der Waals surface area contributed by atoms with E-state index in [1.807, 2.05) is 0 Å². The first kappa shape index (κ1) is 15.0. The van der Waals surface area contributed by atoms with Crippen LogP contribution in [0.3, 0.4) is 0 Å². The van der Waals surface area contributed by atoms with Crippen LogP contribution >= 0.6 is 0 Å². The molecule has 1 aromatic carbocycles. The minimum Gasteiger partial charge on any atom is -0.356 e. The summed E-state index contributed by atoms with van der Waals surface area (Å²) < 4.78 is 0. The highest BCUT2D eigenvalue weighted by Gasteiger charge is 2.13. The smallest absolute Gasteiger partial charge is 0.220 e. The highest BCUT2D eigenvalue weighted by Crippen LogP contribution is 2.11. The van der Waals surface area contributed by atoms with E-state index in [1.54, 1.807) is 0 Å². The molecule has 0 bridgehead atoms. The maximum Gasteiger partial charge on any atom is 0.220 e. The van der Waals surface area contributed by atoms with Gasteiger partial charge in [0.05, 0.1) is 0 Å². The van der Waals surface area contributed by atoms with Crippen molar-refractivity contribution in [3.05, 3.63) is 35.4 Å². The van der Waals surface area contributed by atoms with E-state index in [2.05, 4.69) is 41.8 Å². The molecule has 0 spiro atoms. The average Bonchev–Trinajstić information content (AvgIpc) is 2.94. The molecule has 0 saturated carbocycles. The van der Waals surface area contributed by atoms with Crippen LogP contribution in [-0.2, 0) is 11.2 Å². The Labute approximate surface area is 122 Å². The number of amides is 1. The Morgan fingerprint density at radius 2 is 2.15 bits per heavy atom. The van der Waals surface area contributed by atoms with Crippen LogP contribution < -0.4 is 10.6 Å². The standard InChI is InChI=1S/C17H26N2O/c1-14-5-7-15(8-6-14)3-2-4-17(20)19-12-10-16-9-11-18-13-16/h5-8,16,18H,2-4,9-13H2,1H3,(H,19,20). The summed E-state index contributed by atoms with van der Waals surface area (Å²) in [6.07, 6.45) is 4.91. The molecule has 1 heterocycles. The van der Waals surface area contributed by atoms with E-state index in [0.29, 0.717) is 6.42 Å². The predicted octanol–water partition coefficient (Wildman–Crippen LogP) is 2.43. The van der Waals surface area contributed by atoms with E-state index in [1.165, 1.54) is 17.5 Å². The summed E-state index contributed by atoms with van der Waals surface area (Å²) in [7, 11) is 0. The average molecular weight is 274 g/mol. The Morgan fingerprint density at radius 3 is 2.85 bits per heavy atom. The number of aryl methyl sites for hydroxylation is 2. The molecule has 2 N–H and O–H groups in total. The molecule has 0 aromatic heterocycles. The van der Waals surface area contributed by atoms with Crippen molar-refractivity contribution in [3.8, 4) is 0 Å². The second-order valence-electron chi connectivity index (χ2n) is 5.84. The van der Waals surface area contributed by atoms with E-state index in [4.69, 9.17) is 0 Å². The molecule has 0 aliphatic carbocycles. The molecule has 3 heteroatoms. The fraction of sp³-hybridized carbons (Fsp3) is 0.588. The predicted molar refractivity (Wildman–Crippen MR) is 82.7 cm³/mol. The first-order valence-electron chi connectivity index (χ1n) is 7.77. The van der Waals surface area contributed by atoms with Gasteiger partial charge in [-0.3, -0.25) is 4.79 Å². The van der Waals surface area contributed by atoms with Gasteiger partial charge in [0, 0.05) is 13.0 Å². The molecule has 1 aliphatic heterocycles. The van der Waals surface area contributed by atoms with Crippen molar-refractivity contribution in [3.63, 3.8) is 0 Å². The number of carbonyl (C=O) groups is 1. The van der Waals surface area contributed by atoms with Gasteiger partial charge in [-0.05, 0) is 57.2 Å². The first-order valence-corrected chi connectivity index (χ1v) is 7.77. The van der Waals surface area contributed by atoms with Crippen molar-refractivity contribution >= 4 is 5.91 Å². The molecule has 1 amide bonds. The van der Waals surface area contributed by atoms with Crippen LogP contribution in [0.15, 0.2) is 24.3 Å². The summed E-state index contributed by atoms with van der Waals surface area (Å²) in [5.74, 6) is 0.950. The maximum atomic E-state index is 11.7. The molecule has 20 heavy (non-hydrogen) atoms. The topological polar surface area (TPSA) is 41.1 Å². The third-order valence-corrected chi connectivity index (χ3v) is 4.03. The highest BCUT2D eigenvalue weighted by molar-refractivity contribution is 5.75. The fourth-order valence-electron chi connectivity index (χ4n) is 2.67. The molecule has 1 unspecified atom stereocenters. The molecule has 2 rings (SSSR count). The number of benzene rings is 1. The molecule has 1 aromatic rings. The molecule has 110 valence electrons. The maximum absolute atomic E-state index is 11.7. The second kappa shape index (κ2) is 8.05. The highest BCUT2D eigenvalue weighted by atomic mass is 16.1. The van der Waals surface area contributed by atoms with Crippen LogP contribution in [-0.4, -0.2) is 25.5 Å². The van der Waals surface area contributed by atoms with Gasteiger partial charge in [0.25, 0.3) is 0 Å². The van der Waals surface area contributed by atoms with E-state index in [-0.39, 0.29) is 5.91 Å². The van der Waals surface area contributed by atoms with Gasteiger partial charge in [-0.1, -0.05) is 29.8 Å². The summed E-state index contributed by atoms with van der Waals surface area (Å²) in [5.41, 5.74) is 2.60. The largest absolute Gasteiger partial charge is 0.356 e. The Bertz CT molecular complexity index is 408. The zero-order valence-corrected chi connectivity index (χ0v) is 12.5. The Morgan fingerprint density at radius 1 is 1.35 bits per heavy atom. The zero-order valence-electron chi connectivity index (χ0n) is 12.5. The van der Waals surface area contributed by atoms with Crippen LogP contribution in [0.25, 0.3) is 0 Å². The summed E-state index contributed by atoms with van der Waals surface area (Å²) in [4.78, 5) is 11.7. The van der Waals surface area contributed by atoms with Crippen molar-refractivity contribution in [2.75, 3.05) is 19.6 Å². The molecular formula is C17H26N2O. The number of hydrogen-bond donors (Lipinski definition) is 2. The van der Waals surface area contributed by atoms with Crippen molar-refractivity contribution in [2.45, 2.75) is 39.0 Å². The number of rotatable bonds is 7. The van der Waals surface area contributed by atoms with E-state index in [0.717, 1.165) is 44.8 Å². The Kier molecular flexibility index (Phi) is 6.06. The van der Waals surface area contributed by atoms with Gasteiger partial charge in [-0.25, -0.2) is 0 Å². The molecule has 1 aliphatic rings. The minimum atomic E-state index is 0.197. The number of nitrogens with one attached hydrogen (secondary N) is 2. The lowest BCUT2D eigenvalue weighted by atomic mass is 10.0. The monoisotopic (exact) mass is 274 g/mol. The summed E-state index contributed by atoms with van der Waals surface area (Å²) >= 11 is 0. The van der Waals surface area contributed by atoms with E-state index >= 15 is 0 Å². The van der Waals surface area contributed by atoms with Gasteiger partial charge in [-0.15, -0.1) is 0 Å². The third kappa shape index (κ3) is 5.33. The second-order valence-corrected chi connectivity index (χ2v) is 5.84. The molecule has 1 fully saturated rings. The van der Waals surface area contributed by atoms with Crippen molar-refractivity contribution in [2.24, 2.45) is 5.92 Å². The number of carbonyl (C=O) groups excluding carboxylic acids is 1. The van der Waals surface area contributed by atoms with Crippen molar-refractivity contribution in [1.29, 1.82) is 0 Å². The third-order valence-electron chi connectivity index (χ3n) is 4.03. The summed E-state index contributed by atoms with van der Waals surface area (Å²) in [6.45, 7) is 5.17. The van der Waals surface area contributed by atoms with Crippen molar-refractivity contribution in [1.82, 2.24) is 10.6 Å². The van der Waals surface area contributed by atoms with Gasteiger partial charge in [-0.2, -0.15) is 0 Å². The minimum absolute atomic E-state index is 0.197. The van der Waals surface area contributed by atoms with Gasteiger partial charge in [0.1, 0.15) is 0 Å². The Balaban J connectivity index is 1.54. The summed E-state index contributed by atoms with van der Waals surface area (Å²) in [6, 6.07) is 8.57. The normalized spacial score (nSPS) is 18.1. The van der Waals surface area contributed by atoms with Gasteiger partial charge in [0.2, 0.25) is 5.91 Å². The molecule has 0 radical (unpaired) electrons. The van der Waals surface area contributed by atoms with Crippen LogP contribution in [0.1, 0.15) is 36.8 Å². The number of hydrogen-bond acceptors (Lipinski definition) is 2. The SMILES string of the molecule is Cc1ccc(CCCC(=O)NCCC2CCNC2)cc1. The fourth-order valence-corrected chi connectivity index (χ4v) is 2.67. The quantitative estimate of drug-likeness (QED) is 0.802. The van der Waals surface area contributed by atoms with Gasteiger partial charge >= 0.3 is 0 Å². The van der Waals surface area contributed by atoms with Crippen LogP contribution in [0.4, 0.5) is 0 Å². The van der Waals surface area contributed by atoms with Crippen LogP contribution in [0.5, 0.6) is 0 Å². The Hall–Kier alpha value is -1.35. The lowest BCUT2D eigenvalue weighted by Gasteiger charge is -2.09. The van der Waals surface area contributed by atoms with Gasteiger partial charge in [0.15, 0.2) is 0 Å². The van der Waals surface area contributed by atoms with Crippen molar-refractivity contribution < 1.29 is 4.79 Å². The zero-order chi connectivity index (χ0) is 14.2. The van der Waals surface area contributed by atoms with Crippen LogP contribution in [0.2, 0.25) is 0 Å². The molecule has 1 atom stereocenters. The summed E-state index contributed by atoms with van der Waals surface area (Å²) in [5, 5.41) is 6.39. The van der Waals surface area contributed by atoms with Crippen LogP contribution in [0, 0.1) is 12.8 Å². The lowest BCUT2D eigenvalue weighted by Crippen LogP contribution is -2.26.